The third-order valence-corrected chi connectivity index (χ3v) is 3.81. The molecule has 0 saturated carbocycles. The molecule has 1 aromatic heterocycles. The van der Waals surface area contributed by atoms with E-state index in [9.17, 15) is 13.2 Å². The number of benzene rings is 2. The molecule has 0 amide bonds. The van der Waals surface area contributed by atoms with Crippen molar-refractivity contribution in [3.05, 3.63) is 56.1 Å². The molecule has 102 valence electrons. The number of aromatic amines is 1. The summed E-state index contributed by atoms with van der Waals surface area (Å²) in [6.45, 7) is 0. The summed E-state index contributed by atoms with van der Waals surface area (Å²) >= 11 is 7.24. The van der Waals surface area contributed by atoms with Gasteiger partial charge in [-0.1, -0.05) is 0 Å². The number of H-pyrrole nitrogens is 1. The standard InChI is InChI=1S/C13H6F3IN2S/c14-6-3-8(15)12(16)11(4-6)19-10-2-1-7(17)5-9(10)18-13(19)20/h1-5H,(H,18,20). The Morgan fingerprint density at radius 1 is 1.10 bits per heavy atom. The smallest absolute Gasteiger partial charge is 0.183 e. The summed E-state index contributed by atoms with van der Waals surface area (Å²) in [4.78, 5) is 2.89. The van der Waals surface area contributed by atoms with E-state index in [2.05, 4.69) is 27.6 Å². The van der Waals surface area contributed by atoms with E-state index >= 15 is 0 Å². The van der Waals surface area contributed by atoms with Crippen molar-refractivity contribution < 1.29 is 13.2 Å². The van der Waals surface area contributed by atoms with Crippen molar-refractivity contribution >= 4 is 45.8 Å². The number of halogens is 4. The van der Waals surface area contributed by atoms with Gasteiger partial charge < -0.3 is 4.98 Å². The number of imidazole rings is 1. The molecule has 2 nitrogen and oxygen atoms in total. The summed E-state index contributed by atoms with van der Waals surface area (Å²) in [6.07, 6.45) is 0. The minimum absolute atomic E-state index is 0.172. The first-order valence-corrected chi connectivity index (χ1v) is 7.01. The molecule has 0 unspecified atom stereocenters. The zero-order valence-corrected chi connectivity index (χ0v) is 12.7. The summed E-state index contributed by atoms with van der Waals surface area (Å²) in [5.74, 6) is -3.25. The highest BCUT2D eigenvalue weighted by molar-refractivity contribution is 14.1. The molecule has 0 aliphatic heterocycles. The molecule has 0 fully saturated rings. The number of fused-ring (bicyclic) bond motifs is 1. The van der Waals surface area contributed by atoms with Crippen LogP contribution >= 0.6 is 34.8 Å². The molecule has 0 aliphatic carbocycles. The quantitative estimate of drug-likeness (QED) is 0.353. The number of aromatic nitrogens is 2. The van der Waals surface area contributed by atoms with E-state index in [4.69, 9.17) is 12.2 Å². The number of hydrogen-bond acceptors (Lipinski definition) is 1. The van der Waals surface area contributed by atoms with Crippen LogP contribution in [0.1, 0.15) is 0 Å². The van der Waals surface area contributed by atoms with E-state index in [0.29, 0.717) is 17.1 Å². The highest BCUT2D eigenvalue weighted by atomic mass is 127. The van der Waals surface area contributed by atoms with Crippen LogP contribution in [-0.2, 0) is 0 Å². The van der Waals surface area contributed by atoms with Gasteiger partial charge in [-0.05, 0) is 53.0 Å². The van der Waals surface area contributed by atoms with Crippen LogP contribution in [0, 0.1) is 25.8 Å². The van der Waals surface area contributed by atoms with Crippen LogP contribution < -0.4 is 0 Å². The van der Waals surface area contributed by atoms with E-state index < -0.39 is 17.5 Å². The van der Waals surface area contributed by atoms with E-state index in [1.807, 2.05) is 6.07 Å². The average molecular weight is 406 g/mol. The molecule has 2 aromatic carbocycles. The van der Waals surface area contributed by atoms with Gasteiger partial charge in [-0.15, -0.1) is 0 Å². The average Bonchev–Trinajstić information content (AvgIpc) is 2.69. The minimum Gasteiger partial charge on any atom is -0.330 e. The number of hydrogen-bond donors (Lipinski definition) is 1. The Hall–Kier alpha value is -1.35. The predicted molar refractivity (Wildman–Crippen MR) is 81.1 cm³/mol. The third kappa shape index (κ3) is 2.14. The number of rotatable bonds is 1. The van der Waals surface area contributed by atoms with E-state index in [1.54, 1.807) is 12.1 Å². The maximum Gasteiger partial charge on any atom is 0.183 e. The first-order valence-electron chi connectivity index (χ1n) is 5.52. The van der Waals surface area contributed by atoms with Gasteiger partial charge in [0.05, 0.1) is 16.7 Å². The fourth-order valence-corrected chi connectivity index (χ4v) is 2.83. The van der Waals surface area contributed by atoms with Crippen LogP contribution in [0.25, 0.3) is 16.7 Å². The third-order valence-electron chi connectivity index (χ3n) is 2.86. The van der Waals surface area contributed by atoms with Crippen molar-refractivity contribution in [1.29, 1.82) is 0 Å². The Kier molecular flexibility index (Phi) is 3.33. The van der Waals surface area contributed by atoms with Crippen molar-refractivity contribution in [1.82, 2.24) is 9.55 Å². The lowest BCUT2D eigenvalue weighted by Crippen LogP contribution is -2.01. The molecule has 0 bridgehead atoms. The Labute approximate surface area is 130 Å². The molecule has 7 heteroatoms. The minimum atomic E-state index is -1.25. The van der Waals surface area contributed by atoms with Crippen LogP contribution in [-0.4, -0.2) is 9.55 Å². The summed E-state index contributed by atoms with van der Waals surface area (Å²) in [6, 6.07) is 6.75. The summed E-state index contributed by atoms with van der Waals surface area (Å²) in [5.41, 5.74) is 0.977. The van der Waals surface area contributed by atoms with Crippen molar-refractivity contribution in [3.8, 4) is 5.69 Å². The van der Waals surface area contributed by atoms with E-state index in [-0.39, 0.29) is 10.5 Å². The van der Waals surface area contributed by atoms with Gasteiger partial charge in [0.2, 0.25) is 0 Å². The topological polar surface area (TPSA) is 20.7 Å². The van der Waals surface area contributed by atoms with Gasteiger partial charge in [0, 0.05) is 15.7 Å². The fraction of sp³-hybridized carbons (Fsp3) is 0. The van der Waals surface area contributed by atoms with Gasteiger partial charge in [-0.25, -0.2) is 13.2 Å². The second-order valence-corrected chi connectivity index (χ2v) is 5.78. The van der Waals surface area contributed by atoms with Crippen molar-refractivity contribution in [2.24, 2.45) is 0 Å². The van der Waals surface area contributed by atoms with E-state index in [1.165, 1.54) is 4.57 Å². The number of nitrogens with one attached hydrogen (secondary N) is 1. The molecule has 20 heavy (non-hydrogen) atoms. The maximum absolute atomic E-state index is 13.9. The molecular weight excluding hydrogens is 400 g/mol. The lowest BCUT2D eigenvalue weighted by atomic mass is 10.2. The number of nitrogens with zero attached hydrogens (tertiary/aromatic N) is 1. The van der Waals surface area contributed by atoms with Crippen molar-refractivity contribution in [2.75, 3.05) is 0 Å². The Balaban J connectivity index is 2.41. The van der Waals surface area contributed by atoms with Crippen molar-refractivity contribution in [3.63, 3.8) is 0 Å². The molecule has 1 heterocycles. The summed E-state index contributed by atoms with van der Waals surface area (Å²) in [7, 11) is 0. The molecule has 0 spiro atoms. The van der Waals surface area contributed by atoms with Crippen LogP contribution in [0.5, 0.6) is 0 Å². The second kappa shape index (κ2) is 4.88. The Morgan fingerprint density at radius 3 is 2.60 bits per heavy atom. The largest absolute Gasteiger partial charge is 0.330 e. The molecule has 1 N–H and O–H groups in total. The molecule has 0 atom stereocenters. The first-order chi connectivity index (χ1) is 9.47. The normalized spacial score (nSPS) is 11.2. The van der Waals surface area contributed by atoms with Gasteiger partial charge in [-0.3, -0.25) is 4.57 Å². The lowest BCUT2D eigenvalue weighted by Gasteiger charge is -2.07. The Morgan fingerprint density at radius 2 is 1.85 bits per heavy atom. The summed E-state index contributed by atoms with van der Waals surface area (Å²) in [5, 5.41) is 0. The van der Waals surface area contributed by atoms with E-state index in [0.717, 1.165) is 9.64 Å². The predicted octanol–water partition coefficient (Wildman–Crippen LogP) is 4.71. The maximum atomic E-state index is 13.9. The highest BCUT2D eigenvalue weighted by Gasteiger charge is 2.16. The second-order valence-electron chi connectivity index (χ2n) is 4.15. The molecule has 0 aliphatic rings. The van der Waals surface area contributed by atoms with Crippen LogP contribution in [0.4, 0.5) is 13.2 Å². The molecule has 0 radical (unpaired) electrons. The monoisotopic (exact) mass is 406 g/mol. The zero-order valence-electron chi connectivity index (χ0n) is 9.75. The lowest BCUT2D eigenvalue weighted by molar-refractivity contribution is 0.491. The molecule has 3 rings (SSSR count). The van der Waals surface area contributed by atoms with Gasteiger partial charge in [-0.2, -0.15) is 0 Å². The molecule has 3 aromatic rings. The molecule has 0 saturated heterocycles. The fourth-order valence-electron chi connectivity index (χ4n) is 2.03. The van der Waals surface area contributed by atoms with Gasteiger partial charge in [0.15, 0.2) is 16.4 Å². The van der Waals surface area contributed by atoms with Gasteiger partial charge in [0.25, 0.3) is 0 Å². The SMILES string of the molecule is Fc1cc(F)c(F)c(-n2c(=S)[nH]c3cc(I)ccc32)c1. The zero-order chi connectivity index (χ0) is 14.4. The van der Waals surface area contributed by atoms with Gasteiger partial charge in [0.1, 0.15) is 5.82 Å². The molecular formula is C13H6F3IN2S. The van der Waals surface area contributed by atoms with Crippen LogP contribution in [0.15, 0.2) is 30.3 Å². The summed E-state index contributed by atoms with van der Waals surface area (Å²) < 4.78 is 43.0. The van der Waals surface area contributed by atoms with Gasteiger partial charge >= 0.3 is 0 Å². The van der Waals surface area contributed by atoms with Crippen LogP contribution in [0.3, 0.4) is 0 Å². The van der Waals surface area contributed by atoms with Crippen LogP contribution in [0.2, 0.25) is 0 Å². The Bertz CT molecular complexity index is 885. The first kappa shape index (κ1) is 13.6. The van der Waals surface area contributed by atoms with Crippen molar-refractivity contribution in [2.45, 2.75) is 0 Å². The highest BCUT2D eigenvalue weighted by Crippen LogP contribution is 2.25.